The second-order valence-electron chi connectivity index (χ2n) is 9.70. The first-order valence-electron chi connectivity index (χ1n) is 12.5. The summed E-state index contributed by atoms with van der Waals surface area (Å²) >= 11 is 12.9. The number of carbonyl (C=O) groups is 1. The van der Waals surface area contributed by atoms with Gasteiger partial charge in [-0.3, -0.25) is 0 Å². The molecule has 4 aromatic rings. The average Bonchev–Trinajstić information content (AvgIpc) is 3.30. The van der Waals surface area contributed by atoms with Gasteiger partial charge in [0.05, 0.1) is 27.5 Å². The Hall–Kier alpha value is -3.55. The SMILES string of the molecule is Cc1cc(OCc2c(C(C)C)cnn2-c2c(Cl)cccc2Cl)ccc1N(C)CCc1cc(C(=O)O)ccc1F. The molecule has 3 aromatic carbocycles. The summed E-state index contributed by atoms with van der Waals surface area (Å²) in [5.74, 6) is -0.573. The van der Waals surface area contributed by atoms with Gasteiger partial charge in [0.15, 0.2) is 0 Å². The van der Waals surface area contributed by atoms with Crippen LogP contribution in [0, 0.1) is 12.7 Å². The minimum absolute atomic E-state index is 0.0745. The predicted octanol–water partition coefficient (Wildman–Crippen LogP) is 7.71. The number of aromatic carboxylic acids is 1. The van der Waals surface area contributed by atoms with Gasteiger partial charge in [0.25, 0.3) is 0 Å². The number of rotatable bonds is 10. The molecule has 0 amide bonds. The number of nitrogens with zero attached hydrogens (tertiary/aromatic N) is 3. The van der Waals surface area contributed by atoms with Crippen molar-refractivity contribution in [2.75, 3.05) is 18.5 Å². The lowest BCUT2D eigenvalue weighted by Gasteiger charge is -2.22. The fraction of sp³-hybridized carbons (Fsp3) is 0.267. The molecular weight excluding hydrogens is 540 g/mol. The maximum atomic E-state index is 14.2. The second kappa shape index (κ2) is 12.1. The van der Waals surface area contributed by atoms with Gasteiger partial charge >= 0.3 is 5.97 Å². The molecule has 0 spiro atoms. The zero-order valence-corrected chi connectivity index (χ0v) is 23.7. The molecule has 204 valence electrons. The van der Waals surface area contributed by atoms with E-state index in [1.54, 1.807) is 22.9 Å². The van der Waals surface area contributed by atoms with E-state index in [9.17, 15) is 14.3 Å². The molecule has 1 heterocycles. The van der Waals surface area contributed by atoms with Gasteiger partial charge in [-0.15, -0.1) is 0 Å². The van der Waals surface area contributed by atoms with Gasteiger partial charge in [0.1, 0.15) is 23.9 Å². The third kappa shape index (κ3) is 6.37. The normalized spacial score (nSPS) is 11.2. The Morgan fingerprint density at radius 2 is 1.85 bits per heavy atom. The summed E-state index contributed by atoms with van der Waals surface area (Å²) in [6.07, 6.45) is 2.19. The van der Waals surface area contributed by atoms with E-state index >= 15 is 0 Å². The summed E-state index contributed by atoms with van der Waals surface area (Å²) < 4.78 is 22.2. The molecule has 39 heavy (non-hydrogen) atoms. The number of ether oxygens (including phenoxy) is 1. The summed E-state index contributed by atoms with van der Waals surface area (Å²) in [5, 5.41) is 14.8. The Kier molecular flexibility index (Phi) is 8.83. The Morgan fingerprint density at radius 3 is 2.49 bits per heavy atom. The van der Waals surface area contributed by atoms with Crippen LogP contribution in [-0.2, 0) is 13.0 Å². The standard InChI is InChI=1S/C30H30Cl2FN3O3/c1-18(2)23-16-34-36(29-24(31)6-5-7-25(29)32)28(23)17-39-22-9-11-27(19(3)14-22)35(4)13-12-20-15-21(30(37)38)8-10-26(20)33/h5-11,14-16,18H,12-13,17H2,1-4H3,(H,37,38). The molecule has 0 bridgehead atoms. The number of benzene rings is 3. The van der Waals surface area contributed by atoms with Crippen molar-refractivity contribution in [1.29, 1.82) is 0 Å². The van der Waals surface area contributed by atoms with E-state index in [0.29, 0.717) is 40.0 Å². The summed E-state index contributed by atoms with van der Waals surface area (Å²) in [4.78, 5) is 13.3. The van der Waals surface area contributed by atoms with Crippen molar-refractivity contribution in [1.82, 2.24) is 9.78 Å². The number of likely N-dealkylation sites (N-methyl/N-ethyl adjacent to an activating group) is 1. The maximum absolute atomic E-state index is 14.2. The Morgan fingerprint density at radius 1 is 1.13 bits per heavy atom. The molecule has 1 aromatic heterocycles. The third-order valence-corrected chi connectivity index (χ3v) is 7.25. The molecule has 0 unspecified atom stereocenters. The van der Waals surface area contributed by atoms with Crippen molar-refractivity contribution in [2.45, 2.75) is 39.7 Å². The zero-order chi connectivity index (χ0) is 28.3. The molecule has 0 aliphatic carbocycles. The van der Waals surface area contributed by atoms with Crippen LogP contribution in [0.4, 0.5) is 10.1 Å². The molecule has 1 N–H and O–H groups in total. The van der Waals surface area contributed by atoms with Crippen LogP contribution < -0.4 is 9.64 Å². The number of anilines is 1. The van der Waals surface area contributed by atoms with Crippen LogP contribution in [0.5, 0.6) is 5.75 Å². The van der Waals surface area contributed by atoms with Crippen LogP contribution in [-0.4, -0.2) is 34.4 Å². The Bertz CT molecular complexity index is 1480. The molecule has 9 heteroatoms. The highest BCUT2D eigenvalue weighted by Crippen LogP contribution is 2.32. The first-order chi connectivity index (χ1) is 18.6. The topological polar surface area (TPSA) is 67.6 Å². The number of aromatic nitrogens is 2. The number of hydrogen-bond donors (Lipinski definition) is 1. The number of para-hydroxylation sites is 1. The predicted molar refractivity (Wildman–Crippen MR) is 154 cm³/mol. The van der Waals surface area contributed by atoms with Gasteiger partial charge in [-0.05, 0) is 84.5 Å². The van der Waals surface area contributed by atoms with E-state index in [1.165, 1.54) is 18.2 Å². The third-order valence-electron chi connectivity index (χ3n) is 6.64. The average molecular weight is 570 g/mol. The second-order valence-corrected chi connectivity index (χ2v) is 10.5. The lowest BCUT2D eigenvalue weighted by Crippen LogP contribution is -2.21. The van der Waals surface area contributed by atoms with Crippen LogP contribution in [0.25, 0.3) is 5.69 Å². The van der Waals surface area contributed by atoms with Crippen molar-refractivity contribution < 1.29 is 19.0 Å². The quantitative estimate of drug-likeness (QED) is 0.212. The van der Waals surface area contributed by atoms with Crippen molar-refractivity contribution in [3.63, 3.8) is 0 Å². The fourth-order valence-corrected chi connectivity index (χ4v) is 5.06. The molecule has 0 saturated carbocycles. The van der Waals surface area contributed by atoms with Crippen molar-refractivity contribution >= 4 is 34.9 Å². The van der Waals surface area contributed by atoms with E-state index in [-0.39, 0.29) is 18.1 Å². The van der Waals surface area contributed by atoms with Crippen LogP contribution in [0.15, 0.2) is 60.8 Å². The number of hydrogen-bond acceptors (Lipinski definition) is 4. The highest BCUT2D eigenvalue weighted by atomic mass is 35.5. The monoisotopic (exact) mass is 569 g/mol. The van der Waals surface area contributed by atoms with Gasteiger partial charge in [0.2, 0.25) is 0 Å². The van der Waals surface area contributed by atoms with Crippen LogP contribution in [0.3, 0.4) is 0 Å². The Labute approximate surface area is 237 Å². The molecule has 0 atom stereocenters. The van der Waals surface area contributed by atoms with Crippen LogP contribution in [0.2, 0.25) is 10.0 Å². The molecule has 0 saturated heterocycles. The number of carboxylic acid groups (broad SMARTS) is 1. The lowest BCUT2D eigenvalue weighted by molar-refractivity contribution is 0.0696. The van der Waals surface area contributed by atoms with Gasteiger partial charge in [-0.1, -0.05) is 43.1 Å². The summed E-state index contributed by atoms with van der Waals surface area (Å²) in [6, 6.07) is 15.0. The maximum Gasteiger partial charge on any atom is 0.335 e. The van der Waals surface area contributed by atoms with E-state index in [4.69, 9.17) is 27.9 Å². The van der Waals surface area contributed by atoms with E-state index in [0.717, 1.165) is 22.5 Å². The van der Waals surface area contributed by atoms with Gasteiger partial charge in [-0.2, -0.15) is 5.10 Å². The molecule has 0 radical (unpaired) electrons. The van der Waals surface area contributed by atoms with Crippen molar-refractivity contribution in [3.8, 4) is 11.4 Å². The van der Waals surface area contributed by atoms with Gasteiger partial charge < -0.3 is 14.7 Å². The van der Waals surface area contributed by atoms with Gasteiger partial charge in [-0.25, -0.2) is 13.9 Å². The Balaban J connectivity index is 1.49. The molecule has 4 rings (SSSR count). The minimum Gasteiger partial charge on any atom is -0.487 e. The summed E-state index contributed by atoms with van der Waals surface area (Å²) in [7, 11) is 1.92. The zero-order valence-electron chi connectivity index (χ0n) is 22.2. The smallest absolute Gasteiger partial charge is 0.335 e. The lowest BCUT2D eigenvalue weighted by atomic mass is 10.0. The van der Waals surface area contributed by atoms with Crippen molar-refractivity contribution in [3.05, 3.63) is 105 Å². The number of carboxylic acids is 1. The van der Waals surface area contributed by atoms with Crippen LogP contribution in [0.1, 0.15) is 52.5 Å². The molecule has 0 aliphatic rings. The molecular formula is C30H30Cl2FN3O3. The van der Waals surface area contributed by atoms with E-state index in [1.807, 2.05) is 43.3 Å². The summed E-state index contributed by atoms with van der Waals surface area (Å²) in [5.41, 5.74) is 4.92. The highest BCUT2D eigenvalue weighted by molar-refractivity contribution is 6.37. The number of halogens is 3. The summed E-state index contributed by atoms with van der Waals surface area (Å²) in [6.45, 7) is 6.95. The fourth-order valence-electron chi connectivity index (χ4n) is 4.50. The molecule has 0 aliphatic heterocycles. The van der Waals surface area contributed by atoms with E-state index in [2.05, 4.69) is 18.9 Å². The minimum atomic E-state index is -1.07. The number of aryl methyl sites for hydroxylation is 1. The highest BCUT2D eigenvalue weighted by Gasteiger charge is 2.19. The van der Waals surface area contributed by atoms with Crippen LogP contribution >= 0.6 is 23.2 Å². The first-order valence-corrected chi connectivity index (χ1v) is 13.3. The van der Waals surface area contributed by atoms with Crippen molar-refractivity contribution in [2.24, 2.45) is 0 Å². The molecule has 0 fully saturated rings. The largest absolute Gasteiger partial charge is 0.487 e. The van der Waals surface area contributed by atoms with E-state index < -0.39 is 11.8 Å². The molecule has 6 nitrogen and oxygen atoms in total. The first kappa shape index (κ1) is 28.5. The van der Waals surface area contributed by atoms with Gasteiger partial charge in [0, 0.05) is 19.3 Å².